The first-order valence-corrected chi connectivity index (χ1v) is 9.22. The predicted molar refractivity (Wildman–Crippen MR) is 103 cm³/mol. The minimum absolute atomic E-state index is 0.00893. The molecule has 25 heavy (non-hydrogen) atoms. The molecule has 1 aliphatic rings. The van der Waals surface area contributed by atoms with Crippen molar-refractivity contribution in [2.24, 2.45) is 0 Å². The van der Waals surface area contributed by atoms with E-state index in [1.807, 2.05) is 12.1 Å². The number of hydrogen-bond donors (Lipinski definition) is 1. The third kappa shape index (κ3) is 4.55. The average molecular weight is 401 g/mol. The number of benzene rings is 2. The molecule has 1 fully saturated rings. The molecule has 1 heterocycles. The van der Waals surface area contributed by atoms with Crippen LogP contribution >= 0.6 is 15.9 Å². The van der Waals surface area contributed by atoms with Gasteiger partial charge in [-0.3, -0.25) is 14.5 Å². The molecule has 0 aromatic heterocycles. The first-order valence-electron chi connectivity index (χ1n) is 8.43. The van der Waals surface area contributed by atoms with Gasteiger partial charge in [0, 0.05) is 21.8 Å². The SMILES string of the molecule is CC(=O)c1cccc(NC(=O)CN2CCCC2c2cccc(Br)c2)c1. The molecule has 1 N–H and O–H groups in total. The van der Waals surface area contributed by atoms with Gasteiger partial charge in [-0.15, -0.1) is 0 Å². The van der Waals surface area contributed by atoms with E-state index in [2.05, 4.69) is 38.3 Å². The molecule has 2 aromatic carbocycles. The maximum absolute atomic E-state index is 12.4. The van der Waals surface area contributed by atoms with Gasteiger partial charge in [0.05, 0.1) is 6.54 Å². The van der Waals surface area contributed by atoms with Gasteiger partial charge in [0.25, 0.3) is 0 Å². The van der Waals surface area contributed by atoms with Crippen LogP contribution in [0.5, 0.6) is 0 Å². The normalized spacial score (nSPS) is 17.4. The molecule has 4 nitrogen and oxygen atoms in total. The van der Waals surface area contributed by atoms with E-state index in [9.17, 15) is 9.59 Å². The summed E-state index contributed by atoms with van der Waals surface area (Å²) in [4.78, 5) is 26.1. The number of rotatable bonds is 5. The standard InChI is InChI=1S/C20H21BrN2O2/c1-14(24)15-5-3-8-18(12-15)22-20(25)13-23-10-4-9-19(23)16-6-2-7-17(21)11-16/h2-3,5-8,11-12,19H,4,9-10,13H2,1H3,(H,22,25). The van der Waals surface area contributed by atoms with E-state index < -0.39 is 0 Å². The van der Waals surface area contributed by atoms with Crippen molar-refractivity contribution in [1.29, 1.82) is 0 Å². The summed E-state index contributed by atoms with van der Waals surface area (Å²) in [6.45, 7) is 2.79. The Morgan fingerprint density at radius 3 is 2.76 bits per heavy atom. The van der Waals surface area contributed by atoms with Crippen molar-refractivity contribution in [3.05, 3.63) is 64.1 Å². The fourth-order valence-electron chi connectivity index (χ4n) is 3.31. The summed E-state index contributed by atoms with van der Waals surface area (Å²) < 4.78 is 1.06. The molecule has 2 aromatic rings. The lowest BCUT2D eigenvalue weighted by molar-refractivity contribution is -0.117. The van der Waals surface area contributed by atoms with Crippen LogP contribution in [0.15, 0.2) is 53.0 Å². The number of ketones is 1. The number of halogens is 1. The molecule has 130 valence electrons. The molecule has 1 amide bonds. The van der Waals surface area contributed by atoms with Crippen molar-refractivity contribution in [1.82, 2.24) is 4.90 Å². The van der Waals surface area contributed by atoms with Crippen LogP contribution in [0.4, 0.5) is 5.69 Å². The average Bonchev–Trinajstić information content (AvgIpc) is 3.03. The number of Topliss-reactive ketones (excluding diaryl/α,β-unsaturated/α-hetero) is 1. The van der Waals surface area contributed by atoms with Crippen molar-refractivity contribution in [3.8, 4) is 0 Å². The Hall–Kier alpha value is -1.98. The first-order chi connectivity index (χ1) is 12.0. The zero-order chi connectivity index (χ0) is 17.8. The molecule has 1 saturated heterocycles. The summed E-state index contributed by atoms with van der Waals surface area (Å²) in [6, 6.07) is 15.6. The number of hydrogen-bond acceptors (Lipinski definition) is 3. The topological polar surface area (TPSA) is 49.4 Å². The van der Waals surface area contributed by atoms with Crippen LogP contribution in [-0.2, 0) is 4.79 Å². The van der Waals surface area contributed by atoms with Crippen LogP contribution in [0.3, 0.4) is 0 Å². The number of nitrogens with zero attached hydrogens (tertiary/aromatic N) is 1. The number of carbonyl (C=O) groups excluding carboxylic acids is 2. The molecule has 0 radical (unpaired) electrons. The Labute approximate surface area is 156 Å². The van der Waals surface area contributed by atoms with E-state index in [-0.39, 0.29) is 17.7 Å². The van der Waals surface area contributed by atoms with Gasteiger partial charge in [0.2, 0.25) is 5.91 Å². The number of carbonyl (C=O) groups is 2. The van der Waals surface area contributed by atoms with Gasteiger partial charge in [-0.1, -0.05) is 40.2 Å². The summed E-state index contributed by atoms with van der Waals surface area (Å²) in [5.41, 5.74) is 2.50. The molecule has 1 unspecified atom stereocenters. The molecular formula is C20H21BrN2O2. The molecule has 5 heteroatoms. The Kier molecular flexibility index (Phi) is 5.66. The Morgan fingerprint density at radius 1 is 1.20 bits per heavy atom. The van der Waals surface area contributed by atoms with Gasteiger partial charge in [-0.05, 0) is 56.1 Å². The lowest BCUT2D eigenvalue weighted by atomic mass is 10.0. The van der Waals surface area contributed by atoms with Crippen molar-refractivity contribution in [3.63, 3.8) is 0 Å². The fraction of sp³-hybridized carbons (Fsp3) is 0.300. The van der Waals surface area contributed by atoms with E-state index in [0.717, 1.165) is 23.9 Å². The molecular weight excluding hydrogens is 380 g/mol. The van der Waals surface area contributed by atoms with Gasteiger partial charge < -0.3 is 5.32 Å². The van der Waals surface area contributed by atoms with E-state index in [4.69, 9.17) is 0 Å². The highest BCUT2D eigenvalue weighted by atomic mass is 79.9. The number of nitrogens with one attached hydrogen (secondary N) is 1. The number of anilines is 1. The maximum atomic E-state index is 12.4. The van der Waals surface area contributed by atoms with Gasteiger partial charge in [0.15, 0.2) is 5.78 Å². The molecule has 3 rings (SSSR count). The van der Waals surface area contributed by atoms with Crippen molar-refractivity contribution in [2.45, 2.75) is 25.8 Å². The van der Waals surface area contributed by atoms with E-state index in [1.54, 1.807) is 24.3 Å². The van der Waals surface area contributed by atoms with Gasteiger partial charge >= 0.3 is 0 Å². The smallest absolute Gasteiger partial charge is 0.238 e. The second-order valence-electron chi connectivity index (χ2n) is 6.37. The third-order valence-corrected chi connectivity index (χ3v) is 4.99. The summed E-state index contributed by atoms with van der Waals surface area (Å²) in [5.74, 6) is -0.0621. The summed E-state index contributed by atoms with van der Waals surface area (Å²) in [5, 5.41) is 2.91. The van der Waals surface area contributed by atoms with Crippen LogP contribution in [0.25, 0.3) is 0 Å². The lowest BCUT2D eigenvalue weighted by Crippen LogP contribution is -2.33. The van der Waals surface area contributed by atoms with E-state index >= 15 is 0 Å². The third-order valence-electron chi connectivity index (χ3n) is 4.50. The second-order valence-corrected chi connectivity index (χ2v) is 7.28. The quantitative estimate of drug-likeness (QED) is 0.755. The van der Waals surface area contributed by atoms with Crippen LogP contribution in [0.1, 0.15) is 41.7 Å². The van der Waals surface area contributed by atoms with E-state index in [1.165, 1.54) is 12.5 Å². The highest BCUT2D eigenvalue weighted by Gasteiger charge is 2.27. The summed E-state index contributed by atoms with van der Waals surface area (Å²) in [6.07, 6.45) is 2.15. The molecule has 0 spiro atoms. The van der Waals surface area contributed by atoms with Crippen LogP contribution in [0, 0.1) is 0 Å². The zero-order valence-corrected chi connectivity index (χ0v) is 15.8. The predicted octanol–water partition coefficient (Wildman–Crippen LogP) is 4.43. The molecule has 0 aliphatic carbocycles. The van der Waals surface area contributed by atoms with Crippen molar-refractivity contribution >= 4 is 33.3 Å². The Morgan fingerprint density at radius 2 is 2.00 bits per heavy atom. The molecule has 0 saturated carbocycles. The van der Waals surface area contributed by atoms with Crippen LogP contribution in [-0.4, -0.2) is 29.7 Å². The highest BCUT2D eigenvalue weighted by Crippen LogP contribution is 2.32. The molecule has 1 aliphatic heterocycles. The highest BCUT2D eigenvalue weighted by molar-refractivity contribution is 9.10. The maximum Gasteiger partial charge on any atom is 0.238 e. The number of likely N-dealkylation sites (tertiary alicyclic amines) is 1. The monoisotopic (exact) mass is 400 g/mol. The van der Waals surface area contributed by atoms with Crippen molar-refractivity contribution < 1.29 is 9.59 Å². The first kappa shape index (κ1) is 17.8. The Balaban J connectivity index is 1.66. The minimum Gasteiger partial charge on any atom is -0.325 e. The second kappa shape index (κ2) is 7.93. The van der Waals surface area contributed by atoms with E-state index in [0.29, 0.717) is 17.8 Å². The lowest BCUT2D eigenvalue weighted by Gasteiger charge is -2.24. The number of amides is 1. The van der Waals surface area contributed by atoms with Crippen LogP contribution in [0.2, 0.25) is 0 Å². The van der Waals surface area contributed by atoms with Gasteiger partial charge in [-0.2, -0.15) is 0 Å². The van der Waals surface area contributed by atoms with Crippen molar-refractivity contribution in [2.75, 3.05) is 18.4 Å². The molecule has 1 atom stereocenters. The van der Waals surface area contributed by atoms with Crippen LogP contribution < -0.4 is 5.32 Å². The Bertz CT molecular complexity index is 791. The zero-order valence-electron chi connectivity index (χ0n) is 14.2. The van der Waals surface area contributed by atoms with Gasteiger partial charge in [0.1, 0.15) is 0 Å². The summed E-state index contributed by atoms with van der Waals surface area (Å²) >= 11 is 3.52. The summed E-state index contributed by atoms with van der Waals surface area (Å²) in [7, 11) is 0. The largest absolute Gasteiger partial charge is 0.325 e. The minimum atomic E-state index is -0.0531. The van der Waals surface area contributed by atoms with Gasteiger partial charge in [-0.25, -0.2) is 0 Å². The fourth-order valence-corrected chi connectivity index (χ4v) is 3.72. The molecule has 0 bridgehead atoms.